The lowest BCUT2D eigenvalue weighted by molar-refractivity contribution is 0.0941. The molecule has 2 aromatic carbocycles. The maximum absolute atomic E-state index is 12.1. The van der Waals surface area contributed by atoms with E-state index in [1.807, 2.05) is 36.4 Å². The highest BCUT2D eigenvalue weighted by Gasteiger charge is 2.35. The van der Waals surface area contributed by atoms with Gasteiger partial charge in [-0.2, -0.15) is 0 Å². The Morgan fingerprint density at radius 3 is 2.37 bits per heavy atom. The van der Waals surface area contributed by atoms with Crippen molar-refractivity contribution >= 4 is 6.09 Å². The van der Waals surface area contributed by atoms with Crippen molar-refractivity contribution in [2.24, 2.45) is 0 Å². The van der Waals surface area contributed by atoms with E-state index < -0.39 is 6.10 Å². The standard InChI is InChI=1S/C24H31NO5/c1-3-29-24(27)25-17-21(26)16-20(25)14-15-30-23-11-7-5-9-19(23)13-12-18-8-4-6-10-22(18)28-2/h4-11,20-21,26H,3,12-17H2,1-2H3/t20-,21-/m1/s1. The highest BCUT2D eigenvalue weighted by atomic mass is 16.6. The van der Waals surface area contributed by atoms with Gasteiger partial charge in [-0.25, -0.2) is 4.79 Å². The van der Waals surface area contributed by atoms with Gasteiger partial charge in [0, 0.05) is 12.5 Å². The molecule has 2 aromatic rings. The van der Waals surface area contributed by atoms with Gasteiger partial charge in [0.2, 0.25) is 0 Å². The predicted molar refractivity (Wildman–Crippen MR) is 115 cm³/mol. The highest BCUT2D eigenvalue weighted by molar-refractivity contribution is 5.68. The average molecular weight is 414 g/mol. The number of benzene rings is 2. The van der Waals surface area contributed by atoms with E-state index in [4.69, 9.17) is 14.2 Å². The molecule has 1 N–H and O–H groups in total. The molecule has 1 aliphatic rings. The van der Waals surface area contributed by atoms with Crippen LogP contribution in [-0.2, 0) is 17.6 Å². The first kappa shape index (κ1) is 22.0. The number of para-hydroxylation sites is 2. The van der Waals surface area contributed by atoms with Crippen LogP contribution < -0.4 is 9.47 Å². The number of carbonyl (C=O) groups excluding carboxylic acids is 1. The molecule has 1 aliphatic heterocycles. The molecule has 0 radical (unpaired) electrons. The summed E-state index contributed by atoms with van der Waals surface area (Å²) in [6.45, 7) is 2.90. The number of aliphatic hydroxyl groups is 1. The summed E-state index contributed by atoms with van der Waals surface area (Å²) in [5.41, 5.74) is 2.30. The highest BCUT2D eigenvalue weighted by Crippen LogP contribution is 2.25. The third-order valence-electron chi connectivity index (χ3n) is 5.43. The molecule has 2 atom stereocenters. The van der Waals surface area contributed by atoms with Crippen molar-refractivity contribution in [1.82, 2.24) is 4.90 Å². The number of aliphatic hydroxyl groups excluding tert-OH is 1. The smallest absolute Gasteiger partial charge is 0.410 e. The van der Waals surface area contributed by atoms with Crippen molar-refractivity contribution in [2.45, 2.75) is 44.8 Å². The lowest BCUT2D eigenvalue weighted by Gasteiger charge is -2.23. The minimum atomic E-state index is -0.507. The molecular weight excluding hydrogens is 382 g/mol. The van der Waals surface area contributed by atoms with Gasteiger partial charge in [0.05, 0.1) is 33.0 Å². The molecule has 6 nitrogen and oxygen atoms in total. The number of hydrogen-bond donors (Lipinski definition) is 1. The van der Waals surface area contributed by atoms with Crippen LogP contribution in [-0.4, -0.2) is 55.1 Å². The van der Waals surface area contributed by atoms with E-state index in [0.29, 0.717) is 32.6 Å². The summed E-state index contributed by atoms with van der Waals surface area (Å²) in [7, 11) is 1.69. The first-order valence-electron chi connectivity index (χ1n) is 10.6. The quantitative estimate of drug-likeness (QED) is 0.677. The van der Waals surface area contributed by atoms with Gasteiger partial charge < -0.3 is 24.2 Å². The molecule has 0 aromatic heterocycles. The van der Waals surface area contributed by atoms with Crippen molar-refractivity contribution in [3.63, 3.8) is 0 Å². The molecular formula is C24H31NO5. The normalized spacial score (nSPS) is 18.3. The number of methoxy groups -OCH3 is 1. The van der Waals surface area contributed by atoms with Gasteiger partial charge in [-0.3, -0.25) is 0 Å². The van der Waals surface area contributed by atoms with Crippen LogP contribution in [0, 0.1) is 0 Å². The second-order valence-electron chi connectivity index (χ2n) is 7.45. The molecule has 0 saturated carbocycles. The van der Waals surface area contributed by atoms with E-state index in [0.717, 1.165) is 29.9 Å². The second kappa shape index (κ2) is 10.9. The second-order valence-corrected chi connectivity index (χ2v) is 7.45. The van der Waals surface area contributed by atoms with Gasteiger partial charge in [-0.05, 0) is 49.4 Å². The topological polar surface area (TPSA) is 68.2 Å². The molecule has 162 valence electrons. The Kier molecular flexibility index (Phi) is 7.97. The third kappa shape index (κ3) is 5.66. The first-order valence-corrected chi connectivity index (χ1v) is 10.6. The largest absolute Gasteiger partial charge is 0.496 e. The Labute approximate surface area is 178 Å². The predicted octanol–water partition coefficient (Wildman–Crippen LogP) is 3.84. The zero-order valence-corrected chi connectivity index (χ0v) is 17.8. The summed E-state index contributed by atoms with van der Waals surface area (Å²) in [4.78, 5) is 13.7. The lowest BCUT2D eigenvalue weighted by Crippen LogP contribution is -2.37. The zero-order valence-electron chi connectivity index (χ0n) is 17.8. The Morgan fingerprint density at radius 1 is 1.07 bits per heavy atom. The van der Waals surface area contributed by atoms with Crippen LogP contribution in [0.15, 0.2) is 48.5 Å². The number of hydrogen-bond acceptors (Lipinski definition) is 5. The van der Waals surface area contributed by atoms with Crippen molar-refractivity contribution < 1.29 is 24.1 Å². The zero-order chi connectivity index (χ0) is 21.3. The maximum Gasteiger partial charge on any atom is 0.410 e. The van der Waals surface area contributed by atoms with Crippen LogP contribution in [0.3, 0.4) is 0 Å². The molecule has 1 saturated heterocycles. The Morgan fingerprint density at radius 2 is 1.70 bits per heavy atom. The molecule has 0 unspecified atom stereocenters. The van der Waals surface area contributed by atoms with E-state index in [1.165, 1.54) is 5.56 Å². The van der Waals surface area contributed by atoms with Crippen molar-refractivity contribution in [1.29, 1.82) is 0 Å². The maximum atomic E-state index is 12.1. The molecule has 6 heteroatoms. The summed E-state index contributed by atoms with van der Waals surface area (Å²) >= 11 is 0. The summed E-state index contributed by atoms with van der Waals surface area (Å²) in [5.74, 6) is 1.75. The molecule has 0 aliphatic carbocycles. The van der Waals surface area contributed by atoms with Crippen LogP contribution in [0.5, 0.6) is 11.5 Å². The van der Waals surface area contributed by atoms with Crippen molar-refractivity contribution in [2.75, 3.05) is 26.9 Å². The number of ether oxygens (including phenoxy) is 3. The van der Waals surface area contributed by atoms with Gasteiger partial charge >= 0.3 is 6.09 Å². The summed E-state index contributed by atoms with van der Waals surface area (Å²) in [5, 5.41) is 9.97. The molecule has 30 heavy (non-hydrogen) atoms. The monoisotopic (exact) mass is 413 g/mol. The number of rotatable bonds is 9. The molecule has 1 fully saturated rings. The van der Waals surface area contributed by atoms with Crippen LogP contribution in [0.25, 0.3) is 0 Å². The van der Waals surface area contributed by atoms with Gasteiger partial charge in [0.1, 0.15) is 11.5 Å². The fourth-order valence-electron chi connectivity index (χ4n) is 3.93. The number of aryl methyl sites for hydroxylation is 2. The van der Waals surface area contributed by atoms with Crippen molar-refractivity contribution in [3.05, 3.63) is 59.7 Å². The third-order valence-corrected chi connectivity index (χ3v) is 5.43. The molecule has 0 bridgehead atoms. The minimum absolute atomic E-state index is 0.0696. The van der Waals surface area contributed by atoms with E-state index in [9.17, 15) is 9.90 Å². The fraction of sp³-hybridized carbons (Fsp3) is 0.458. The van der Waals surface area contributed by atoms with E-state index >= 15 is 0 Å². The summed E-state index contributed by atoms with van der Waals surface area (Å²) in [6.07, 6.45) is 2.03. The van der Waals surface area contributed by atoms with Gasteiger partial charge in [-0.1, -0.05) is 36.4 Å². The number of carbonyl (C=O) groups is 1. The van der Waals surface area contributed by atoms with Crippen LogP contribution in [0.1, 0.15) is 30.9 Å². The lowest BCUT2D eigenvalue weighted by atomic mass is 10.0. The van der Waals surface area contributed by atoms with Gasteiger partial charge in [0.15, 0.2) is 0 Å². The Bertz CT molecular complexity index is 825. The van der Waals surface area contributed by atoms with E-state index in [-0.39, 0.29) is 12.1 Å². The first-order chi connectivity index (χ1) is 14.6. The van der Waals surface area contributed by atoms with Crippen LogP contribution in [0.2, 0.25) is 0 Å². The van der Waals surface area contributed by atoms with E-state index in [1.54, 1.807) is 18.9 Å². The van der Waals surface area contributed by atoms with E-state index in [2.05, 4.69) is 12.1 Å². The molecule has 1 heterocycles. The molecule has 3 rings (SSSR count). The fourth-order valence-corrected chi connectivity index (χ4v) is 3.93. The minimum Gasteiger partial charge on any atom is -0.496 e. The summed E-state index contributed by atoms with van der Waals surface area (Å²) in [6, 6.07) is 16.0. The molecule has 0 spiro atoms. The van der Waals surface area contributed by atoms with Crippen LogP contribution in [0.4, 0.5) is 4.79 Å². The number of likely N-dealkylation sites (tertiary alicyclic amines) is 1. The summed E-state index contributed by atoms with van der Waals surface area (Å²) < 4.78 is 16.6. The SMILES string of the molecule is CCOC(=O)N1C[C@H](O)C[C@H]1CCOc1ccccc1CCc1ccccc1OC. The molecule has 1 amide bonds. The van der Waals surface area contributed by atoms with Crippen molar-refractivity contribution in [3.8, 4) is 11.5 Å². The van der Waals surface area contributed by atoms with Gasteiger partial charge in [0.25, 0.3) is 0 Å². The van der Waals surface area contributed by atoms with Gasteiger partial charge in [-0.15, -0.1) is 0 Å². The Balaban J connectivity index is 1.56. The Hall–Kier alpha value is -2.73. The van der Waals surface area contributed by atoms with Crippen LogP contribution >= 0.6 is 0 Å². The average Bonchev–Trinajstić information content (AvgIpc) is 3.14. The number of β-amino-alcohol motifs (C(OH)–C–C–N with tert-alkyl or cyclic N) is 1. The number of nitrogens with zero attached hydrogens (tertiary/aromatic N) is 1. The number of amides is 1.